The van der Waals surface area contributed by atoms with Crippen molar-refractivity contribution in [3.05, 3.63) is 64.3 Å². The van der Waals surface area contributed by atoms with Crippen molar-refractivity contribution in [3.8, 4) is 11.1 Å². The summed E-state index contributed by atoms with van der Waals surface area (Å²) in [5, 5.41) is 0. The van der Waals surface area contributed by atoms with E-state index in [1.807, 2.05) is 30.3 Å². The smallest absolute Gasteiger partial charge is 0.272 e. The average Bonchev–Trinajstić information content (AvgIpc) is 2.46. The van der Waals surface area contributed by atoms with Crippen molar-refractivity contribution in [3.63, 3.8) is 0 Å². The second-order valence-corrected chi connectivity index (χ2v) is 4.72. The van der Waals surface area contributed by atoms with Gasteiger partial charge in [0.25, 0.3) is 5.56 Å². The Morgan fingerprint density at radius 2 is 1.80 bits per heavy atom. The average molecular weight is 268 g/mol. The van der Waals surface area contributed by atoms with Crippen LogP contribution < -0.4 is 5.56 Å². The second-order valence-electron chi connectivity index (χ2n) is 4.72. The molecule has 0 N–H and O–H groups in total. The molecule has 3 rings (SSSR count). The van der Waals surface area contributed by atoms with Gasteiger partial charge >= 0.3 is 0 Å². The summed E-state index contributed by atoms with van der Waals surface area (Å²) in [5.41, 5.74) is 2.48. The maximum atomic E-state index is 14.3. The minimum absolute atomic E-state index is 0.208. The highest BCUT2D eigenvalue weighted by Gasteiger charge is 2.14. The van der Waals surface area contributed by atoms with E-state index in [9.17, 15) is 9.18 Å². The molecule has 1 heterocycles. The van der Waals surface area contributed by atoms with Gasteiger partial charge in [-0.25, -0.2) is 9.37 Å². The molecule has 0 unspecified atom stereocenters. The van der Waals surface area contributed by atoms with E-state index in [1.54, 1.807) is 20.0 Å². The predicted molar refractivity (Wildman–Crippen MR) is 77.1 cm³/mol. The summed E-state index contributed by atoms with van der Waals surface area (Å²) >= 11 is 0. The number of benzene rings is 2. The fourth-order valence-corrected chi connectivity index (χ4v) is 2.44. The number of hydrogen-bond donors (Lipinski definition) is 0. The van der Waals surface area contributed by atoms with Crippen LogP contribution in [0.25, 0.3) is 22.2 Å². The number of aryl methyl sites for hydroxylation is 2. The van der Waals surface area contributed by atoms with Crippen molar-refractivity contribution in [1.29, 1.82) is 0 Å². The van der Waals surface area contributed by atoms with Gasteiger partial charge in [0.15, 0.2) is 0 Å². The molecular weight excluding hydrogens is 255 g/mol. The minimum atomic E-state index is -0.357. The van der Waals surface area contributed by atoms with Crippen LogP contribution in [0.5, 0.6) is 0 Å². The molecule has 3 aromatic rings. The highest BCUT2D eigenvalue weighted by Crippen LogP contribution is 2.29. The first-order chi connectivity index (χ1) is 9.59. The van der Waals surface area contributed by atoms with Crippen molar-refractivity contribution < 1.29 is 4.39 Å². The van der Waals surface area contributed by atoms with Crippen LogP contribution in [0.4, 0.5) is 4.39 Å². The van der Waals surface area contributed by atoms with Crippen molar-refractivity contribution in [2.45, 2.75) is 6.92 Å². The summed E-state index contributed by atoms with van der Waals surface area (Å²) in [6.45, 7) is 1.66. The first-order valence-electron chi connectivity index (χ1n) is 6.31. The molecule has 1 aromatic heterocycles. The number of rotatable bonds is 1. The molecule has 100 valence electrons. The number of aromatic nitrogens is 2. The Balaban J connectivity index is 2.51. The number of halogens is 1. The fourth-order valence-electron chi connectivity index (χ4n) is 2.44. The van der Waals surface area contributed by atoms with Crippen LogP contribution in [0.3, 0.4) is 0 Å². The lowest BCUT2D eigenvalue weighted by molar-refractivity contribution is 0.631. The van der Waals surface area contributed by atoms with E-state index in [1.165, 1.54) is 10.6 Å². The number of fused-ring (bicyclic) bond motifs is 1. The Bertz CT molecular complexity index is 854. The van der Waals surface area contributed by atoms with Crippen molar-refractivity contribution >= 4 is 11.0 Å². The Morgan fingerprint density at radius 3 is 2.50 bits per heavy atom. The fraction of sp³-hybridized carbons (Fsp3) is 0.125. The van der Waals surface area contributed by atoms with E-state index in [0.29, 0.717) is 22.3 Å². The first-order valence-corrected chi connectivity index (χ1v) is 6.31. The monoisotopic (exact) mass is 268 g/mol. The van der Waals surface area contributed by atoms with Crippen LogP contribution in [-0.4, -0.2) is 9.55 Å². The zero-order chi connectivity index (χ0) is 14.3. The molecule has 0 atom stereocenters. The zero-order valence-electron chi connectivity index (χ0n) is 11.2. The third-order valence-corrected chi connectivity index (χ3v) is 3.41. The molecule has 4 heteroatoms. The number of nitrogens with zero attached hydrogens (tertiary/aromatic N) is 2. The topological polar surface area (TPSA) is 34.9 Å². The molecule has 0 saturated carbocycles. The van der Waals surface area contributed by atoms with Crippen LogP contribution in [0, 0.1) is 12.7 Å². The molecule has 2 aromatic carbocycles. The highest BCUT2D eigenvalue weighted by molar-refractivity contribution is 5.92. The van der Waals surface area contributed by atoms with Gasteiger partial charge in [-0.2, -0.15) is 0 Å². The molecule has 20 heavy (non-hydrogen) atoms. The summed E-state index contributed by atoms with van der Waals surface area (Å²) in [4.78, 5) is 16.3. The molecule has 0 spiro atoms. The number of hydrogen-bond acceptors (Lipinski definition) is 2. The summed E-state index contributed by atoms with van der Waals surface area (Å²) in [5.74, 6) is -0.357. The summed E-state index contributed by atoms with van der Waals surface area (Å²) in [6.07, 6.45) is 0. The van der Waals surface area contributed by atoms with E-state index in [4.69, 9.17) is 0 Å². The SMILES string of the molecule is Cc1nc2ccc(F)c(-c3ccccc3)c2n(C)c1=O. The summed E-state index contributed by atoms with van der Waals surface area (Å²) < 4.78 is 15.7. The van der Waals surface area contributed by atoms with Crippen LogP contribution in [0.2, 0.25) is 0 Å². The minimum Gasteiger partial charge on any atom is -0.308 e. The van der Waals surface area contributed by atoms with Gasteiger partial charge in [-0.1, -0.05) is 30.3 Å². The van der Waals surface area contributed by atoms with Crippen molar-refractivity contribution in [2.24, 2.45) is 7.05 Å². The van der Waals surface area contributed by atoms with E-state index < -0.39 is 0 Å². The van der Waals surface area contributed by atoms with E-state index in [0.717, 1.165) is 5.56 Å². The van der Waals surface area contributed by atoms with Gasteiger partial charge in [0, 0.05) is 12.6 Å². The van der Waals surface area contributed by atoms with Gasteiger partial charge in [-0.15, -0.1) is 0 Å². The van der Waals surface area contributed by atoms with Gasteiger partial charge in [0.2, 0.25) is 0 Å². The molecule has 3 nitrogen and oxygen atoms in total. The second kappa shape index (κ2) is 4.56. The highest BCUT2D eigenvalue weighted by atomic mass is 19.1. The van der Waals surface area contributed by atoms with E-state index >= 15 is 0 Å². The van der Waals surface area contributed by atoms with Gasteiger partial charge < -0.3 is 4.57 Å². The molecule has 0 radical (unpaired) electrons. The largest absolute Gasteiger partial charge is 0.308 e. The third-order valence-electron chi connectivity index (χ3n) is 3.41. The zero-order valence-corrected chi connectivity index (χ0v) is 11.2. The maximum Gasteiger partial charge on any atom is 0.272 e. The molecule has 0 fully saturated rings. The Kier molecular flexibility index (Phi) is 2.86. The predicted octanol–water partition coefficient (Wildman–Crippen LogP) is 3.05. The molecule has 0 aliphatic rings. The van der Waals surface area contributed by atoms with Crippen LogP contribution in [-0.2, 0) is 7.05 Å². The van der Waals surface area contributed by atoms with Gasteiger partial charge in [-0.3, -0.25) is 4.79 Å². The van der Waals surface area contributed by atoms with Gasteiger partial charge in [-0.05, 0) is 24.6 Å². The van der Waals surface area contributed by atoms with Crippen molar-refractivity contribution in [1.82, 2.24) is 9.55 Å². The maximum absolute atomic E-state index is 14.3. The molecule has 0 aliphatic heterocycles. The van der Waals surface area contributed by atoms with Gasteiger partial charge in [0.1, 0.15) is 11.5 Å². The van der Waals surface area contributed by atoms with Crippen LogP contribution in [0.1, 0.15) is 5.69 Å². The Hall–Kier alpha value is -2.49. The van der Waals surface area contributed by atoms with Gasteiger partial charge in [0.05, 0.1) is 11.0 Å². The molecule has 0 bridgehead atoms. The molecule has 0 saturated heterocycles. The van der Waals surface area contributed by atoms with Crippen molar-refractivity contribution in [2.75, 3.05) is 0 Å². The third kappa shape index (κ3) is 1.81. The lowest BCUT2D eigenvalue weighted by atomic mass is 10.0. The van der Waals surface area contributed by atoms with Crippen LogP contribution in [0.15, 0.2) is 47.3 Å². The molecule has 0 amide bonds. The standard InChI is InChI=1S/C16H13FN2O/c1-10-16(20)19(2)15-13(18-10)9-8-12(17)14(15)11-6-4-3-5-7-11/h3-9H,1-2H3. The normalized spacial score (nSPS) is 10.9. The lowest BCUT2D eigenvalue weighted by Gasteiger charge is -2.12. The Morgan fingerprint density at radius 1 is 1.10 bits per heavy atom. The van der Waals surface area contributed by atoms with E-state index in [2.05, 4.69) is 4.98 Å². The quantitative estimate of drug-likeness (QED) is 0.680. The molecule has 0 aliphatic carbocycles. The Labute approximate surface area is 115 Å². The van der Waals surface area contributed by atoms with E-state index in [-0.39, 0.29) is 11.4 Å². The molecular formula is C16H13FN2O. The first kappa shape index (κ1) is 12.5. The summed E-state index contributed by atoms with van der Waals surface area (Å²) in [7, 11) is 1.64. The van der Waals surface area contributed by atoms with Crippen LogP contribution >= 0.6 is 0 Å². The summed E-state index contributed by atoms with van der Waals surface area (Å²) in [6, 6.07) is 12.2. The lowest BCUT2D eigenvalue weighted by Crippen LogP contribution is -2.21.